The fraction of sp³-hybridized carbons (Fsp3) is 0.545. The molecule has 0 unspecified atom stereocenters. The van der Waals surface area contributed by atoms with E-state index in [1.165, 1.54) is 19.3 Å². The van der Waals surface area contributed by atoms with Crippen LogP contribution in [0.25, 0.3) is 0 Å². The lowest BCUT2D eigenvalue weighted by Crippen LogP contribution is -2.37. The number of nitrogens with one attached hydrogen (secondary N) is 1. The number of unbranched alkanes of at least 4 members (excludes halogenated alkanes) is 3. The number of hydrogen-bond acceptors (Lipinski definition) is 6. The zero-order valence-electron chi connectivity index (χ0n) is 10.6. The van der Waals surface area contributed by atoms with Crippen LogP contribution in [0, 0.1) is 5.21 Å². The van der Waals surface area contributed by atoms with E-state index in [0.717, 1.165) is 6.42 Å². The van der Waals surface area contributed by atoms with E-state index in [9.17, 15) is 5.21 Å². The van der Waals surface area contributed by atoms with Crippen molar-refractivity contribution in [2.75, 3.05) is 23.3 Å². The van der Waals surface area contributed by atoms with Gasteiger partial charge in [-0.05, 0) is 12.8 Å². The van der Waals surface area contributed by atoms with Gasteiger partial charge in [0.15, 0.2) is 0 Å². The lowest BCUT2D eigenvalue weighted by molar-refractivity contribution is -0.579. The molecule has 0 radical (unpaired) electrons. The molecule has 0 aliphatic carbocycles. The summed E-state index contributed by atoms with van der Waals surface area (Å²) in [5.74, 6) is -0.163. The average Bonchev–Trinajstić information content (AvgIpc) is 2.34. The van der Waals surface area contributed by atoms with E-state index in [2.05, 4.69) is 28.3 Å². The van der Waals surface area contributed by atoms with Gasteiger partial charge in [0.1, 0.15) is 0 Å². The lowest BCUT2D eigenvalue weighted by Gasteiger charge is -2.08. The van der Waals surface area contributed by atoms with Crippen molar-refractivity contribution in [1.29, 1.82) is 0 Å². The summed E-state index contributed by atoms with van der Waals surface area (Å²) in [5, 5.41) is 14.0. The van der Waals surface area contributed by atoms with Crippen molar-refractivity contribution in [2.45, 2.75) is 32.6 Å². The molecule has 18 heavy (non-hydrogen) atoms. The van der Waals surface area contributed by atoms with Crippen molar-refractivity contribution in [1.82, 2.24) is 9.97 Å². The fourth-order valence-corrected chi connectivity index (χ4v) is 1.39. The van der Waals surface area contributed by atoms with Gasteiger partial charge >= 0.3 is 17.8 Å². The average molecular weight is 252 g/mol. The summed E-state index contributed by atoms with van der Waals surface area (Å²) in [7, 11) is 0. The van der Waals surface area contributed by atoms with Crippen molar-refractivity contribution >= 4 is 17.8 Å². The van der Waals surface area contributed by atoms with Gasteiger partial charge in [0.25, 0.3) is 0 Å². The van der Waals surface area contributed by atoms with Gasteiger partial charge in [-0.15, -0.1) is 0 Å². The van der Waals surface area contributed by atoms with E-state index in [0.29, 0.717) is 6.54 Å². The maximum atomic E-state index is 11.1. The molecule has 0 aliphatic rings. The molecule has 0 bridgehead atoms. The summed E-state index contributed by atoms with van der Waals surface area (Å²) < 4.78 is 0.283. The van der Waals surface area contributed by atoms with Crippen molar-refractivity contribution in [3.8, 4) is 0 Å². The number of nitrogens with zero attached hydrogens (tertiary/aromatic N) is 3. The molecule has 1 aromatic rings. The van der Waals surface area contributed by atoms with Gasteiger partial charge < -0.3 is 22.0 Å². The zero-order chi connectivity index (χ0) is 13.4. The van der Waals surface area contributed by atoms with Crippen LogP contribution in [0.4, 0.5) is 17.8 Å². The highest BCUT2D eigenvalue weighted by atomic mass is 16.5. The number of rotatable bonds is 7. The Morgan fingerprint density at radius 3 is 2.50 bits per heavy atom. The molecule has 0 aliphatic heterocycles. The van der Waals surface area contributed by atoms with Crippen LogP contribution >= 0.6 is 0 Å². The first-order valence-corrected chi connectivity index (χ1v) is 6.06. The molecular weight excluding hydrogens is 232 g/mol. The van der Waals surface area contributed by atoms with E-state index in [-0.39, 0.29) is 22.6 Å². The maximum Gasteiger partial charge on any atom is 0.321 e. The molecular formula is C11H20N6O. The number of nitrogens with two attached hydrogens (primary N) is 2. The summed E-state index contributed by atoms with van der Waals surface area (Å²) in [6.45, 7) is 2.75. The Morgan fingerprint density at radius 1 is 1.22 bits per heavy atom. The van der Waals surface area contributed by atoms with Crippen molar-refractivity contribution < 1.29 is 4.73 Å². The minimum atomic E-state index is -0.211. The number of allylic oxidation sites excluding steroid dienone is 1. The number of anilines is 3. The standard InChI is InChI=1S/C11H20N6O/c1-2-3-4-5-6-7-8-14-11-15-9(12)17(18)10(13)16-11/h6-7H,2-5,8H2,1H3,(H5,12,13,14,15,16)/b7-6+. The Kier molecular flexibility index (Phi) is 5.69. The molecule has 100 valence electrons. The first kappa shape index (κ1) is 14.0. The largest absolute Gasteiger partial charge is 0.762 e. The molecule has 0 saturated carbocycles. The quantitative estimate of drug-likeness (QED) is 0.286. The van der Waals surface area contributed by atoms with Crippen LogP contribution in [0.3, 0.4) is 0 Å². The minimum absolute atomic E-state index is 0.211. The lowest BCUT2D eigenvalue weighted by atomic mass is 10.2. The highest BCUT2D eigenvalue weighted by Gasteiger charge is 2.08. The Labute approximate surface area is 107 Å². The van der Waals surface area contributed by atoms with Crippen LogP contribution in [0.15, 0.2) is 12.2 Å². The second kappa shape index (κ2) is 7.31. The Balaban J connectivity index is 2.35. The van der Waals surface area contributed by atoms with Gasteiger partial charge in [-0.1, -0.05) is 41.9 Å². The van der Waals surface area contributed by atoms with E-state index < -0.39 is 0 Å². The molecule has 1 aromatic heterocycles. The van der Waals surface area contributed by atoms with Gasteiger partial charge in [-0.3, -0.25) is 0 Å². The smallest absolute Gasteiger partial charge is 0.321 e. The zero-order valence-corrected chi connectivity index (χ0v) is 10.6. The summed E-state index contributed by atoms with van der Waals surface area (Å²) in [6, 6.07) is 0. The molecule has 1 heterocycles. The Morgan fingerprint density at radius 2 is 1.89 bits per heavy atom. The van der Waals surface area contributed by atoms with Crippen molar-refractivity contribution in [2.24, 2.45) is 0 Å². The molecule has 7 heteroatoms. The maximum absolute atomic E-state index is 11.1. The van der Waals surface area contributed by atoms with Crippen molar-refractivity contribution in [3.63, 3.8) is 0 Å². The van der Waals surface area contributed by atoms with Crippen LogP contribution in [0.5, 0.6) is 0 Å². The monoisotopic (exact) mass is 252 g/mol. The highest BCUT2D eigenvalue weighted by molar-refractivity contribution is 5.32. The van der Waals surface area contributed by atoms with Crippen LogP contribution < -0.4 is 21.5 Å². The first-order chi connectivity index (χ1) is 8.65. The second-order valence-electron chi connectivity index (χ2n) is 3.91. The van der Waals surface area contributed by atoms with Crippen LogP contribution in [0.1, 0.15) is 32.6 Å². The third-order valence-electron chi connectivity index (χ3n) is 2.38. The molecule has 0 fully saturated rings. The summed E-state index contributed by atoms with van der Waals surface area (Å²) >= 11 is 0. The normalized spacial score (nSPS) is 10.9. The predicted octanol–water partition coefficient (Wildman–Crippen LogP) is 0.823. The van der Waals surface area contributed by atoms with Gasteiger partial charge in [-0.25, -0.2) is 4.73 Å². The fourth-order valence-electron chi connectivity index (χ4n) is 1.39. The molecule has 0 aromatic carbocycles. The Bertz CT molecular complexity index is 384. The predicted molar refractivity (Wildman–Crippen MR) is 71.6 cm³/mol. The molecule has 5 N–H and O–H groups in total. The molecule has 0 amide bonds. The molecule has 0 saturated heterocycles. The molecule has 7 nitrogen and oxygen atoms in total. The van der Waals surface area contributed by atoms with Gasteiger partial charge in [0, 0.05) is 6.54 Å². The summed E-state index contributed by atoms with van der Waals surface area (Å²) in [5.41, 5.74) is 10.7. The highest BCUT2D eigenvalue weighted by Crippen LogP contribution is 2.02. The van der Waals surface area contributed by atoms with Gasteiger partial charge in [-0.2, -0.15) is 0 Å². The summed E-state index contributed by atoms with van der Waals surface area (Å²) in [6.07, 6.45) is 8.82. The minimum Gasteiger partial charge on any atom is -0.762 e. The Hall–Kier alpha value is -2.05. The molecule has 0 spiro atoms. The van der Waals surface area contributed by atoms with Crippen LogP contribution in [0.2, 0.25) is 0 Å². The van der Waals surface area contributed by atoms with Gasteiger partial charge in [0.2, 0.25) is 0 Å². The van der Waals surface area contributed by atoms with E-state index in [1.54, 1.807) is 0 Å². The summed E-state index contributed by atoms with van der Waals surface area (Å²) in [4.78, 5) is 7.55. The molecule has 0 atom stereocenters. The SMILES string of the molecule is CCCCC/C=C/CNc1nc(N)[n+]([O-])c(N)n1. The van der Waals surface area contributed by atoms with Crippen LogP contribution in [-0.2, 0) is 0 Å². The van der Waals surface area contributed by atoms with Gasteiger partial charge in [0.05, 0.1) is 0 Å². The second-order valence-corrected chi connectivity index (χ2v) is 3.91. The topological polar surface area (TPSA) is 117 Å². The third-order valence-corrected chi connectivity index (χ3v) is 2.38. The number of aromatic nitrogens is 3. The number of nitrogen functional groups attached to an aromatic ring is 2. The third kappa shape index (κ3) is 4.44. The molecule has 1 rings (SSSR count). The van der Waals surface area contributed by atoms with E-state index >= 15 is 0 Å². The van der Waals surface area contributed by atoms with E-state index in [4.69, 9.17) is 11.5 Å². The first-order valence-electron chi connectivity index (χ1n) is 6.06. The number of hydrogen-bond donors (Lipinski definition) is 3. The van der Waals surface area contributed by atoms with Crippen LogP contribution in [-0.4, -0.2) is 16.5 Å². The van der Waals surface area contributed by atoms with Crippen molar-refractivity contribution in [3.05, 3.63) is 17.4 Å². The van der Waals surface area contributed by atoms with E-state index in [1.807, 2.05) is 6.08 Å².